The van der Waals surface area contributed by atoms with Gasteiger partial charge in [-0.1, -0.05) is 18.2 Å². The summed E-state index contributed by atoms with van der Waals surface area (Å²) in [6, 6.07) is 11.9. The zero-order valence-electron chi connectivity index (χ0n) is 14.9. The Morgan fingerprint density at radius 3 is 2.50 bits per heavy atom. The fourth-order valence-electron chi connectivity index (χ4n) is 3.26. The molecule has 1 amide bonds. The molecule has 0 radical (unpaired) electrons. The van der Waals surface area contributed by atoms with Crippen LogP contribution >= 0.6 is 0 Å². The van der Waals surface area contributed by atoms with Crippen LogP contribution in [0.1, 0.15) is 10.4 Å². The molecule has 144 valence electrons. The van der Waals surface area contributed by atoms with Gasteiger partial charge >= 0.3 is 0 Å². The van der Waals surface area contributed by atoms with Crippen molar-refractivity contribution < 1.29 is 13.2 Å². The van der Waals surface area contributed by atoms with Crippen molar-refractivity contribution in [3.05, 3.63) is 70.8 Å². The highest BCUT2D eigenvalue weighted by molar-refractivity contribution is 7.89. The highest BCUT2D eigenvalue weighted by atomic mass is 32.2. The summed E-state index contributed by atoms with van der Waals surface area (Å²) >= 11 is 0. The molecule has 28 heavy (non-hydrogen) atoms. The Morgan fingerprint density at radius 2 is 1.79 bits per heavy atom. The summed E-state index contributed by atoms with van der Waals surface area (Å²) in [5.41, 5.74) is 0.271. The van der Waals surface area contributed by atoms with Gasteiger partial charge in [0.15, 0.2) is 0 Å². The molecule has 3 aromatic rings. The molecule has 1 fully saturated rings. The summed E-state index contributed by atoms with van der Waals surface area (Å²) in [4.78, 5) is 33.3. The Bertz CT molecular complexity index is 1180. The first-order valence-electron chi connectivity index (χ1n) is 8.78. The van der Waals surface area contributed by atoms with Crippen molar-refractivity contribution in [1.82, 2.24) is 19.2 Å². The van der Waals surface area contributed by atoms with E-state index < -0.39 is 21.5 Å². The molecular formula is C19H18N4O4S. The number of piperazine rings is 1. The van der Waals surface area contributed by atoms with Crippen molar-refractivity contribution in [3.63, 3.8) is 0 Å². The number of sulfonamides is 1. The highest BCUT2D eigenvalue weighted by Gasteiger charge is 2.31. The van der Waals surface area contributed by atoms with Crippen molar-refractivity contribution >= 4 is 26.8 Å². The van der Waals surface area contributed by atoms with Crippen molar-refractivity contribution in [2.45, 2.75) is 4.90 Å². The zero-order valence-corrected chi connectivity index (χ0v) is 15.7. The minimum atomic E-state index is -3.65. The van der Waals surface area contributed by atoms with E-state index in [1.165, 1.54) is 27.7 Å². The molecule has 0 unspecified atom stereocenters. The maximum atomic E-state index is 12.8. The third kappa shape index (κ3) is 3.30. The number of carbonyl (C=O) groups excluding carboxylic acids is 1. The summed E-state index contributed by atoms with van der Waals surface area (Å²) < 4.78 is 26.7. The number of benzene rings is 1. The summed E-state index contributed by atoms with van der Waals surface area (Å²) in [5, 5.41) is 0.767. The predicted molar refractivity (Wildman–Crippen MR) is 103 cm³/mol. The number of para-hydroxylation sites is 1. The first-order chi connectivity index (χ1) is 13.5. The van der Waals surface area contributed by atoms with Crippen LogP contribution < -0.4 is 5.56 Å². The molecule has 1 aliphatic heterocycles. The van der Waals surface area contributed by atoms with Crippen LogP contribution in [0.25, 0.3) is 10.9 Å². The van der Waals surface area contributed by atoms with Gasteiger partial charge in [0.2, 0.25) is 10.0 Å². The lowest BCUT2D eigenvalue weighted by atomic mass is 10.1. The summed E-state index contributed by atoms with van der Waals surface area (Å²) in [5.74, 6) is -0.398. The van der Waals surface area contributed by atoms with Crippen LogP contribution in [-0.2, 0) is 10.0 Å². The molecule has 3 heterocycles. The van der Waals surface area contributed by atoms with Crippen LogP contribution in [0, 0.1) is 0 Å². The number of carbonyl (C=O) groups is 1. The number of fused-ring (bicyclic) bond motifs is 1. The van der Waals surface area contributed by atoms with Gasteiger partial charge in [0.25, 0.3) is 11.5 Å². The highest BCUT2D eigenvalue weighted by Crippen LogP contribution is 2.18. The van der Waals surface area contributed by atoms with E-state index in [9.17, 15) is 18.0 Å². The maximum Gasteiger partial charge on any atom is 0.261 e. The largest absolute Gasteiger partial charge is 0.336 e. The average Bonchev–Trinajstić information content (AvgIpc) is 2.73. The molecule has 1 aromatic carbocycles. The maximum absolute atomic E-state index is 12.8. The number of H-pyrrole nitrogens is 1. The number of aromatic nitrogens is 2. The van der Waals surface area contributed by atoms with Crippen LogP contribution in [0.5, 0.6) is 0 Å². The molecule has 0 aliphatic carbocycles. The molecule has 2 aromatic heterocycles. The Hall–Kier alpha value is -3.04. The third-order valence-electron chi connectivity index (χ3n) is 4.78. The van der Waals surface area contributed by atoms with E-state index in [1.54, 1.807) is 18.2 Å². The summed E-state index contributed by atoms with van der Waals surface area (Å²) in [7, 11) is -3.65. The number of nitrogens with zero attached hydrogens (tertiary/aromatic N) is 3. The van der Waals surface area contributed by atoms with Gasteiger partial charge in [-0.15, -0.1) is 0 Å². The van der Waals surface area contributed by atoms with Gasteiger partial charge in [-0.3, -0.25) is 14.6 Å². The van der Waals surface area contributed by atoms with E-state index in [-0.39, 0.29) is 36.6 Å². The first-order valence-corrected chi connectivity index (χ1v) is 10.2. The average molecular weight is 398 g/mol. The topological polar surface area (TPSA) is 103 Å². The van der Waals surface area contributed by atoms with Crippen molar-refractivity contribution in [1.29, 1.82) is 0 Å². The molecule has 0 saturated carbocycles. The van der Waals surface area contributed by atoms with Gasteiger partial charge < -0.3 is 9.88 Å². The third-order valence-corrected chi connectivity index (χ3v) is 6.66. The summed E-state index contributed by atoms with van der Waals surface area (Å²) in [6.45, 7) is 0.748. The Morgan fingerprint density at radius 1 is 1.04 bits per heavy atom. The SMILES string of the molecule is O=C(c1cc2ccccc2[nH]c1=O)N1CCN(S(=O)(=O)c2cccnc2)CC1. The number of pyridine rings is 2. The second-order valence-corrected chi connectivity index (χ2v) is 8.42. The Balaban J connectivity index is 1.52. The Labute approximate surface area is 161 Å². The number of hydrogen-bond donors (Lipinski definition) is 1. The number of aromatic amines is 1. The van der Waals surface area contributed by atoms with Crippen molar-refractivity contribution in [2.75, 3.05) is 26.2 Å². The molecular weight excluding hydrogens is 380 g/mol. The van der Waals surface area contributed by atoms with Gasteiger partial charge in [-0.05, 0) is 29.7 Å². The van der Waals surface area contributed by atoms with Crippen LogP contribution in [0.15, 0.2) is 64.5 Å². The lowest BCUT2D eigenvalue weighted by Gasteiger charge is -2.33. The van der Waals surface area contributed by atoms with Gasteiger partial charge in [-0.25, -0.2) is 8.42 Å². The zero-order chi connectivity index (χ0) is 19.7. The van der Waals surface area contributed by atoms with E-state index in [2.05, 4.69) is 9.97 Å². The molecule has 0 spiro atoms. The first kappa shape index (κ1) is 18.3. The Kier molecular flexibility index (Phi) is 4.70. The minimum Gasteiger partial charge on any atom is -0.336 e. The van der Waals surface area contributed by atoms with E-state index >= 15 is 0 Å². The molecule has 1 aliphatic rings. The number of rotatable bonds is 3. The van der Waals surface area contributed by atoms with Crippen LogP contribution in [0.4, 0.5) is 0 Å². The second-order valence-electron chi connectivity index (χ2n) is 6.48. The normalized spacial score (nSPS) is 15.6. The monoisotopic (exact) mass is 398 g/mol. The molecule has 8 nitrogen and oxygen atoms in total. The fourth-order valence-corrected chi connectivity index (χ4v) is 4.64. The lowest BCUT2D eigenvalue weighted by molar-refractivity contribution is 0.0696. The van der Waals surface area contributed by atoms with Crippen molar-refractivity contribution in [3.8, 4) is 0 Å². The molecule has 9 heteroatoms. The number of hydrogen-bond acceptors (Lipinski definition) is 5. The second kappa shape index (κ2) is 7.17. The molecule has 0 atom stereocenters. The van der Waals surface area contributed by atoms with E-state index in [4.69, 9.17) is 0 Å². The van der Waals surface area contributed by atoms with Crippen molar-refractivity contribution in [2.24, 2.45) is 0 Å². The summed E-state index contributed by atoms with van der Waals surface area (Å²) in [6.07, 6.45) is 2.82. The molecule has 1 saturated heterocycles. The van der Waals surface area contributed by atoms with Crippen LogP contribution in [-0.4, -0.2) is 59.7 Å². The number of amides is 1. The lowest BCUT2D eigenvalue weighted by Crippen LogP contribution is -2.51. The van der Waals surface area contributed by atoms with E-state index in [0.29, 0.717) is 5.52 Å². The van der Waals surface area contributed by atoms with E-state index in [1.807, 2.05) is 18.2 Å². The van der Waals surface area contributed by atoms with Gasteiger partial charge in [0.1, 0.15) is 10.5 Å². The minimum absolute atomic E-state index is 0.0577. The molecule has 0 bridgehead atoms. The van der Waals surface area contributed by atoms with Crippen LogP contribution in [0.3, 0.4) is 0 Å². The standard InChI is InChI=1S/C19H18N4O4S/c24-18-16(12-14-4-1-2-6-17(14)21-18)19(25)22-8-10-23(11-9-22)28(26,27)15-5-3-7-20-13-15/h1-7,12-13H,8-11H2,(H,21,24). The van der Waals surface area contributed by atoms with Gasteiger partial charge in [0.05, 0.1) is 0 Å². The smallest absolute Gasteiger partial charge is 0.261 e. The quantitative estimate of drug-likeness (QED) is 0.711. The molecule has 4 rings (SSSR count). The number of nitrogens with one attached hydrogen (secondary N) is 1. The van der Waals surface area contributed by atoms with Gasteiger partial charge in [0, 0.05) is 44.1 Å². The van der Waals surface area contributed by atoms with E-state index in [0.717, 1.165) is 5.39 Å². The van der Waals surface area contributed by atoms with Gasteiger partial charge in [-0.2, -0.15) is 4.31 Å². The predicted octanol–water partition coefficient (Wildman–Crippen LogP) is 1.07. The van der Waals surface area contributed by atoms with Crippen LogP contribution in [0.2, 0.25) is 0 Å². The fraction of sp³-hybridized carbons (Fsp3) is 0.211. The molecule has 1 N–H and O–H groups in total.